The van der Waals surface area contributed by atoms with Gasteiger partial charge in [-0.15, -0.1) is 0 Å². The van der Waals surface area contributed by atoms with Gasteiger partial charge in [-0.05, 0) is 0 Å². The van der Waals surface area contributed by atoms with Crippen LogP contribution in [0, 0.1) is 0 Å². The van der Waals surface area contributed by atoms with Crippen molar-refractivity contribution in [3.63, 3.8) is 0 Å². The molecule has 0 amide bonds. The molecule has 1 aromatic rings. The highest BCUT2D eigenvalue weighted by molar-refractivity contribution is 8.15. The fourth-order valence-electron chi connectivity index (χ4n) is 0.849. The van der Waals surface area contributed by atoms with Gasteiger partial charge in [0, 0.05) is 10.7 Å². The third-order valence-electron chi connectivity index (χ3n) is 1.40. The van der Waals surface area contributed by atoms with E-state index >= 15 is 0 Å². The summed E-state index contributed by atoms with van der Waals surface area (Å²) < 4.78 is 31.7. The van der Waals surface area contributed by atoms with E-state index in [2.05, 4.69) is 4.98 Å². The van der Waals surface area contributed by atoms with Crippen molar-refractivity contribution in [3.8, 4) is 0 Å². The van der Waals surface area contributed by atoms with Gasteiger partial charge in [0.1, 0.15) is 12.5 Å². The Morgan fingerprint density at radius 3 is 2.57 bits per heavy atom. The molecule has 2 heterocycles. The molecular formula is C6H4ClNO4S2. The van der Waals surface area contributed by atoms with E-state index in [4.69, 9.17) is 20.2 Å². The van der Waals surface area contributed by atoms with E-state index in [0.29, 0.717) is 5.01 Å². The van der Waals surface area contributed by atoms with Crippen molar-refractivity contribution >= 4 is 31.1 Å². The second kappa shape index (κ2) is 3.41. The molecule has 0 saturated heterocycles. The highest BCUT2D eigenvalue weighted by Gasteiger charge is 2.23. The van der Waals surface area contributed by atoms with Crippen LogP contribution in [0.3, 0.4) is 0 Å². The van der Waals surface area contributed by atoms with Gasteiger partial charge in [0.25, 0.3) is 15.3 Å². The van der Waals surface area contributed by atoms with E-state index < -0.39 is 15.3 Å². The number of thiazole rings is 1. The van der Waals surface area contributed by atoms with E-state index in [1.54, 1.807) is 0 Å². The van der Waals surface area contributed by atoms with Crippen LogP contribution in [-0.4, -0.2) is 13.4 Å². The smallest absolute Gasteiger partial charge is 0.292 e. The van der Waals surface area contributed by atoms with Gasteiger partial charge in [0.05, 0.1) is 6.20 Å². The Kier molecular flexibility index (Phi) is 2.38. The number of nitrogens with zero attached hydrogens (tertiary/aromatic N) is 1. The first kappa shape index (κ1) is 9.75. The van der Waals surface area contributed by atoms with Gasteiger partial charge in [-0.2, -0.15) is 0 Å². The summed E-state index contributed by atoms with van der Waals surface area (Å²) in [5, 5.41) is 0.411. The summed E-state index contributed by atoms with van der Waals surface area (Å²) in [5.41, 5.74) is 0. The molecule has 0 N–H and O–H groups in total. The first-order valence-corrected chi connectivity index (χ1v) is 6.56. The molecule has 1 aliphatic rings. The topological polar surface area (TPSA) is 65.5 Å². The fraction of sp³-hybridized carbons (Fsp3) is 0.167. The minimum atomic E-state index is -3.71. The Hall–Kier alpha value is -0.790. The maximum atomic E-state index is 10.9. The summed E-state index contributed by atoms with van der Waals surface area (Å²) in [7, 11) is 1.41. The zero-order valence-corrected chi connectivity index (χ0v) is 8.97. The van der Waals surface area contributed by atoms with Crippen molar-refractivity contribution in [2.45, 2.75) is 10.5 Å². The molecule has 76 valence electrons. The van der Waals surface area contributed by atoms with Crippen molar-refractivity contribution in [2.24, 2.45) is 0 Å². The molecule has 2 rings (SSSR count). The van der Waals surface area contributed by atoms with Crippen LogP contribution in [0.4, 0.5) is 0 Å². The number of hydrogen-bond donors (Lipinski definition) is 0. The second-order valence-corrected chi connectivity index (χ2v) is 6.19. The van der Waals surface area contributed by atoms with Crippen LogP contribution in [-0.2, 0) is 18.5 Å². The van der Waals surface area contributed by atoms with Gasteiger partial charge in [-0.25, -0.2) is 13.4 Å². The average molecular weight is 254 g/mol. The lowest BCUT2D eigenvalue weighted by molar-refractivity contribution is -0.0247. The molecule has 0 bridgehead atoms. The van der Waals surface area contributed by atoms with Crippen LogP contribution < -0.4 is 0 Å². The summed E-state index contributed by atoms with van der Waals surface area (Å²) in [6.45, 7) is 0. The Morgan fingerprint density at radius 2 is 2.07 bits per heavy atom. The third kappa shape index (κ3) is 1.84. The van der Waals surface area contributed by atoms with Crippen LogP contribution >= 0.6 is 22.0 Å². The van der Waals surface area contributed by atoms with E-state index in [9.17, 15) is 8.42 Å². The normalized spacial score (nSPS) is 16.6. The number of hydrogen-bond acceptors (Lipinski definition) is 6. The Morgan fingerprint density at radius 1 is 1.43 bits per heavy atom. The van der Waals surface area contributed by atoms with Gasteiger partial charge in [-0.3, -0.25) is 0 Å². The maximum absolute atomic E-state index is 10.9. The monoisotopic (exact) mass is 253 g/mol. The Bertz CT molecular complexity index is 458. The summed E-state index contributed by atoms with van der Waals surface area (Å²) in [5.74, 6) is 0. The van der Waals surface area contributed by atoms with Crippen LogP contribution in [0.15, 0.2) is 22.9 Å². The molecule has 1 aliphatic heterocycles. The molecule has 0 saturated carbocycles. The number of halogens is 1. The van der Waals surface area contributed by atoms with Crippen molar-refractivity contribution in [1.82, 2.24) is 4.98 Å². The molecule has 0 spiro atoms. The predicted molar refractivity (Wildman–Crippen MR) is 49.2 cm³/mol. The second-order valence-electron chi connectivity index (χ2n) is 2.33. The predicted octanol–water partition coefficient (Wildman–Crippen LogP) is 1.59. The first-order valence-electron chi connectivity index (χ1n) is 3.44. The minimum absolute atomic E-state index is 0.0201. The number of aromatic nitrogens is 1. The number of rotatable bonds is 2. The first-order chi connectivity index (χ1) is 6.57. The van der Waals surface area contributed by atoms with Crippen LogP contribution in [0.25, 0.3) is 0 Å². The molecule has 0 fully saturated rings. The summed E-state index contributed by atoms with van der Waals surface area (Å²) in [4.78, 5) is 3.83. The molecule has 0 aromatic carbocycles. The van der Waals surface area contributed by atoms with Crippen LogP contribution in [0.1, 0.15) is 11.3 Å². The van der Waals surface area contributed by atoms with Gasteiger partial charge in [0.15, 0.2) is 9.22 Å². The SMILES string of the molecule is O=S(=O)(Cl)c1cnc(C2OC=CO2)s1. The van der Waals surface area contributed by atoms with E-state index in [-0.39, 0.29) is 4.21 Å². The Balaban J connectivity index is 2.26. The summed E-state index contributed by atoms with van der Waals surface area (Å²) >= 11 is 0.916. The van der Waals surface area contributed by atoms with Crippen molar-refractivity contribution in [3.05, 3.63) is 23.7 Å². The quantitative estimate of drug-likeness (QED) is 0.749. The Labute approximate surface area is 88.4 Å². The van der Waals surface area contributed by atoms with Crippen molar-refractivity contribution < 1.29 is 17.9 Å². The third-order valence-corrected chi connectivity index (χ3v) is 4.49. The van der Waals surface area contributed by atoms with Crippen molar-refractivity contribution in [2.75, 3.05) is 0 Å². The average Bonchev–Trinajstić information content (AvgIpc) is 2.73. The lowest BCUT2D eigenvalue weighted by Crippen LogP contribution is -1.95. The summed E-state index contributed by atoms with van der Waals surface area (Å²) in [6, 6.07) is 0. The highest BCUT2D eigenvalue weighted by Crippen LogP contribution is 2.30. The van der Waals surface area contributed by atoms with Gasteiger partial charge < -0.3 is 9.47 Å². The van der Waals surface area contributed by atoms with E-state index in [1.807, 2.05) is 0 Å². The highest BCUT2D eigenvalue weighted by atomic mass is 35.7. The largest absolute Gasteiger partial charge is 0.453 e. The molecule has 0 radical (unpaired) electrons. The summed E-state index contributed by atoms with van der Waals surface area (Å²) in [6.07, 6.45) is 3.24. The molecular weight excluding hydrogens is 250 g/mol. The lowest BCUT2D eigenvalue weighted by Gasteiger charge is -2.04. The molecule has 0 atom stereocenters. The number of ether oxygens (including phenoxy) is 2. The standard InChI is InChI=1S/C6H4ClNO4S2/c7-14(9,10)4-3-8-5(13-4)6-11-1-2-12-6/h1-3,6H. The van der Waals surface area contributed by atoms with E-state index in [0.717, 1.165) is 11.3 Å². The van der Waals surface area contributed by atoms with Crippen LogP contribution in [0.5, 0.6) is 0 Å². The molecule has 5 nitrogen and oxygen atoms in total. The molecule has 0 unspecified atom stereocenters. The molecule has 0 aliphatic carbocycles. The molecule has 1 aromatic heterocycles. The van der Waals surface area contributed by atoms with E-state index in [1.165, 1.54) is 18.7 Å². The van der Waals surface area contributed by atoms with Gasteiger partial charge in [-0.1, -0.05) is 11.3 Å². The molecule has 8 heteroatoms. The van der Waals surface area contributed by atoms with Crippen molar-refractivity contribution in [1.29, 1.82) is 0 Å². The molecule has 14 heavy (non-hydrogen) atoms. The zero-order valence-electron chi connectivity index (χ0n) is 6.58. The minimum Gasteiger partial charge on any atom is -0.453 e. The lowest BCUT2D eigenvalue weighted by atomic mass is 10.7. The maximum Gasteiger partial charge on any atom is 0.292 e. The van der Waals surface area contributed by atoms with Gasteiger partial charge in [0.2, 0.25) is 0 Å². The van der Waals surface area contributed by atoms with Crippen LogP contribution in [0.2, 0.25) is 0 Å². The van der Waals surface area contributed by atoms with Gasteiger partial charge >= 0.3 is 0 Å². The zero-order chi connectivity index (χ0) is 10.2. The fourth-order valence-corrected chi connectivity index (χ4v) is 2.71.